The van der Waals surface area contributed by atoms with Crippen molar-refractivity contribution in [2.45, 2.75) is 6.54 Å². The first-order valence-electron chi connectivity index (χ1n) is 4.55. The molecule has 0 unspecified atom stereocenters. The van der Waals surface area contributed by atoms with Gasteiger partial charge in [-0.15, -0.1) is 0 Å². The van der Waals surface area contributed by atoms with Crippen LogP contribution in [-0.4, -0.2) is 9.55 Å². The Morgan fingerprint density at radius 1 is 1.25 bits per heavy atom. The molecule has 0 amide bonds. The van der Waals surface area contributed by atoms with Crippen LogP contribution in [0.15, 0.2) is 30.6 Å². The van der Waals surface area contributed by atoms with Gasteiger partial charge in [0.2, 0.25) is 5.82 Å². The normalized spacial score (nSPS) is 10.1. The highest BCUT2D eigenvalue weighted by Gasteiger charge is 2.04. The highest BCUT2D eigenvalue weighted by Crippen LogP contribution is 2.10. The molecule has 0 radical (unpaired) electrons. The van der Waals surface area contributed by atoms with Gasteiger partial charge in [-0.3, -0.25) is 0 Å². The predicted molar refractivity (Wildman–Crippen MR) is 52.4 cm³/mol. The lowest BCUT2D eigenvalue weighted by Crippen LogP contribution is -2.02. The summed E-state index contributed by atoms with van der Waals surface area (Å²) in [4.78, 5) is 3.79. The van der Waals surface area contributed by atoms with E-state index in [1.807, 2.05) is 6.07 Å². The molecule has 0 aliphatic rings. The largest absolute Gasteiger partial charge is 0.318 e. The van der Waals surface area contributed by atoms with Crippen molar-refractivity contribution in [2.24, 2.45) is 0 Å². The molecule has 0 atom stereocenters. The Morgan fingerprint density at radius 2 is 1.94 bits per heavy atom. The van der Waals surface area contributed by atoms with Crippen LogP contribution in [0.2, 0.25) is 0 Å². The van der Waals surface area contributed by atoms with E-state index in [0.29, 0.717) is 5.56 Å². The van der Waals surface area contributed by atoms with E-state index in [1.54, 1.807) is 6.20 Å². The molecule has 0 N–H and O–H groups in total. The molecule has 1 heterocycles. The van der Waals surface area contributed by atoms with Crippen molar-refractivity contribution in [3.8, 4) is 6.07 Å². The van der Waals surface area contributed by atoms with E-state index in [0.717, 1.165) is 6.07 Å². The number of rotatable bonds is 2. The Labute approximate surface area is 90.6 Å². The molecule has 2 aromatic rings. The number of imidazole rings is 1. The minimum Gasteiger partial charge on any atom is -0.318 e. The van der Waals surface area contributed by atoms with E-state index in [1.165, 1.54) is 22.9 Å². The topological polar surface area (TPSA) is 41.6 Å². The first-order valence-corrected chi connectivity index (χ1v) is 4.55. The van der Waals surface area contributed by atoms with Crippen molar-refractivity contribution < 1.29 is 8.78 Å². The highest BCUT2D eigenvalue weighted by atomic mass is 19.1. The zero-order valence-electron chi connectivity index (χ0n) is 8.19. The average Bonchev–Trinajstić information content (AvgIpc) is 2.63. The second-order valence-electron chi connectivity index (χ2n) is 3.27. The zero-order valence-corrected chi connectivity index (χ0v) is 8.19. The van der Waals surface area contributed by atoms with E-state index in [4.69, 9.17) is 5.26 Å². The van der Waals surface area contributed by atoms with Crippen LogP contribution in [0.4, 0.5) is 8.78 Å². The van der Waals surface area contributed by atoms with Crippen LogP contribution in [0, 0.1) is 23.0 Å². The number of nitriles is 1. The summed E-state index contributed by atoms with van der Waals surface area (Å²) in [5.41, 5.74) is 0.451. The van der Waals surface area contributed by atoms with Gasteiger partial charge < -0.3 is 4.57 Å². The maximum absolute atomic E-state index is 12.9. The van der Waals surface area contributed by atoms with Crippen molar-refractivity contribution in [3.05, 3.63) is 53.6 Å². The molecule has 16 heavy (non-hydrogen) atoms. The molecule has 0 saturated carbocycles. The van der Waals surface area contributed by atoms with Crippen molar-refractivity contribution >= 4 is 0 Å². The second kappa shape index (κ2) is 4.11. The van der Waals surface area contributed by atoms with Gasteiger partial charge in [-0.05, 0) is 17.7 Å². The molecule has 2 rings (SSSR count). The third-order valence-corrected chi connectivity index (χ3v) is 2.09. The Balaban J connectivity index is 2.31. The molecule has 1 aromatic carbocycles. The van der Waals surface area contributed by atoms with E-state index in [9.17, 15) is 8.78 Å². The van der Waals surface area contributed by atoms with Gasteiger partial charge in [0.05, 0.1) is 0 Å². The third kappa shape index (κ3) is 2.06. The molecule has 80 valence electrons. The molecule has 5 heteroatoms. The van der Waals surface area contributed by atoms with E-state index >= 15 is 0 Å². The molecule has 0 spiro atoms. The number of hydrogen-bond donors (Lipinski definition) is 0. The van der Waals surface area contributed by atoms with Gasteiger partial charge in [0.1, 0.15) is 17.7 Å². The van der Waals surface area contributed by atoms with E-state index in [2.05, 4.69) is 4.98 Å². The van der Waals surface area contributed by atoms with Crippen LogP contribution >= 0.6 is 0 Å². The van der Waals surface area contributed by atoms with Gasteiger partial charge in [0.15, 0.2) is 0 Å². The number of hydrogen-bond acceptors (Lipinski definition) is 2. The lowest BCUT2D eigenvalue weighted by Gasteiger charge is -2.04. The number of aromatic nitrogens is 2. The molecule has 0 bridgehead atoms. The Hall–Kier alpha value is -2.22. The van der Waals surface area contributed by atoms with Crippen molar-refractivity contribution in [1.29, 1.82) is 5.26 Å². The van der Waals surface area contributed by atoms with Crippen LogP contribution in [-0.2, 0) is 6.54 Å². The van der Waals surface area contributed by atoms with Gasteiger partial charge in [0, 0.05) is 25.0 Å². The number of halogens is 2. The standard InChI is InChI=1S/C11H7F2N3/c12-9-3-8(4-10(13)5-9)7-16-2-1-15-11(16)6-14/h1-5H,7H2. The second-order valence-corrected chi connectivity index (χ2v) is 3.27. The van der Waals surface area contributed by atoms with Crippen LogP contribution < -0.4 is 0 Å². The minimum atomic E-state index is -0.631. The summed E-state index contributed by atoms with van der Waals surface area (Å²) in [5.74, 6) is -1.05. The predicted octanol–water partition coefficient (Wildman–Crippen LogP) is 2.08. The van der Waals surface area contributed by atoms with Gasteiger partial charge in [0.25, 0.3) is 0 Å². The van der Waals surface area contributed by atoms with Crippen molar-refractivity contribution in [1.82, 2.24) is 9.55 Å². The van der Waals surface area contributed by atoms with Crippen LogP contribution in [0.3, 0.4) is 0 Å². The summed E-state index contributed by atoms with van der Waals surface area (Å²) in [7, 11) is 0. The highest BCUT2D eigenvalue weighted by molar-refractivity contribution is 5.20. The Kier molecular flexibility index (Phi) is 2.64. The summed E-state index contributed by atoms with van der Waals surface area (Å²) in [6.07, 6.45) is 3.05. The first-order chi connectivity index (χ1) is 7.69. The smallest absolute Gasteiger partial charge is 0.213 e. The number of benzene rings is 1. The summed E-state index contributed by atoms with van der Waals surface area (Å²) in [6, 6.07) is 5.15. The van der Waals surface area contributed by atoms with E-state index in [-0.39, 0.29) is 12.4 Å². The Bertz CT molecular complexity index is 534. The quantitative estimate of drug-likeness (QED) is 0.775. The maximum Gasteiger partial charge on any atom is 0.213 e. The molecule has 3 nitrogen and oxygen atoms in total. The van der Waals surface area contributed by atoms with Gasteiger partial charge in [-0.2, -0.15) is 5.26 Å². The van der Waals surface area contributed by atoms with Gasteiger partial charge in [-0.25, -0.2) is 13.8 Å². The Morgan fingerprint density at radius 3 is 2.56 bits per heavy atom. The summed E-state index contributed by atoms with van der Waals surface area (Å²) in [6.45, 7) is 0.220. The summed E-state index contributed by atoms with van der Waals surface area (Å²) >= 11 is 0. The fourth-order valence-electron chi connectivity index (χ4n) is 1.45. The van der Waals surface area contributed by atoms with Crippen molar-refractivity contribution in [3.63, 3.8) is 0 Å². The average molecular weight is 219 g/mol. The lowest BCUT2D eigenvalue weighted by atomic mass is 10.2. The van der Waals surface area contributed by atoms with Crippen molar-refractivity contribution in [2.75, 3.05) is 0 Å². The SMILES string of the molecule is N#Cc1nccn1Cc1cc(F)cc(F)c1. The summed E-state index contributed by atoms with van der Waals surface area (Å²) in [5, 5.41) is 8.71. The zero-order chi connectivity index (χ0) is 11.5. The van der Waals surface area contributed by atoms with Crippen LogP contribution in [0.25, 0.3) is 0 Å². The first kappa shape index (κ1) is 10.3. The fourth-order valence-corrected chi connectivity index (χ4v) is 1.45. The molecule has 0 aliphatic heterocycles. The lowest BCUT2D eigenvalue weighted by molar-refractivity contribution is 0.577. The third-order valence-electron chi connectivity index (χ3n) is 2.09. The molecule has 0 aliphatic carbocycles. The molecule has 1 aromatic heterocycles. The van der Waals surface area contributed by atoms with Crippen LogP contribution in [0.1, 0.15) is 11.4 Å². The van der Waals surface area contributed by atoms with Gasteiger partial charge in [-0.1, -0.05) is 0 Å². The monoisotopic (exact) mass is 219 g/mol. The summed E-state index contributed by atoms with van der Waals surface area (Å²) < 4.78 is 27.3. The molecular weight excluding hydrogens is 212 g/mol. The van der Waals surface area contributed by atoms with Crippen LogP contribution in [0.5, 0.6) is 0 Å². The van der Waals surface area contributed by atoms with Gasteiger partial charge >= 0.3 is 0 Å². The fraction of sp³-hybridized carbons (Fsp3) is 0.0909. The maximum atomic E-state index is 12.9. The van der Waals surface area contributed by atoms with E-state index < -0.39 is 11.6 Å². The molecule has 0 saturated heterocycles. The molecule has 0 fully saturated rings. The minimum absolute atomic E-state index is 0.213. The molecular formula is C11H7F2N3. The number of nitrogens with zero attached hydrogens (tertiary/aromatic N) is 3.